The molecule has 0 atom stereocenters. The van der Waals surface area contributed by atoms with E-state index < -0.39 is 6.16 Å². The van der Waals surface area contributed by atoms with Crippen molar-refractivity contribution >= 4 is 12.2 Å². The summed E-state index contributed by atoms with van der Waals surface area (Å²) in [7, 11) is 0. The summed E-state index contributed by atoms with van der Waals surface area (Å²) in [5, 5.41) is 17.6. The van der Waals surface area contributed by atoms with Crippen LogP contribution in [0.25, 0.3) is 0 Å². The molecule has 0 aliphatic heterocycles. The minimum Gasteiger partial charge on any atom is -0.424 e. The molecule has 8 heavy (non-hydrogen) atoms. The first-order valence-corrected chi connectivity index (χ1v) is 1.27. The topological polar surface area (TPSA) is 85.6 Å². The van der Waals surface area contributed by atoms with Gasteiger partial charge in [-0.3, -0.25) is 0 Å². The van der Waals surface area contributed by atoms with Crippen molar-refractivity contribution in [2.45, 2.75) is 0 Å². The predicted octanol–water partition coefficient (Wildman–Crippen LogP) is -3.98. The van der Waals surface area contributed by atoms with Gasteiger partial charge in [0.25, 0.3) is 6.16 Å². The summed E-state index contributed by atoms with van der Waals surface area (Å²) in [4.78, 5) is 12.5. The third-order valence-corrected chi connectivity index (χ3v) is 0.166. The predicted molar refractivity (Wildman–Crippen MR) is 16.6 cm³/mol. The molecule has 0 unspecified atom stereocenters. The number of carbonyl (C=O) groups excluding carboxylic acids is 1. The Kier molecular flexibility index (Phi) is 8.81. The fourth-order valence-corrected chi connectivity index (χ4v) is 0.0601. The minimum atomic E-state index is -1.79. The average molecular weight is 124 g/mol. The van der Waals surface area contributed by atoms with Crippen LogP contribution in [0.15, 0.2) is 5.16 Å². The van der Waals surface area contributed by atoms with Gasteiger partial charge in [0.2, 0.25) is 0 Å². The van der Waals surface area contributed by atoms with Crippen molar-refractivity contribution in [2.75, 3.05) is 0 Å². The van der Waals surface area contributed by atoms with Crippen molar-refractivity contribution in [3.05, 3.63) is 0 Å². The summed E-state index contributed by atoms with van der Waals surface area (Å²) in [6.07, 6.45) is -1.79. The van der Waals surface area contributed by atoms with Gasteiger partial charge in [0, 0.05) is 0 Å². The Morgan fingerprint density at radius 3 is 2.50 bits per heavy atom. The van der Waals surface area contributed by atoms with Gasteiger partial charge in [-0.1, -0.05) is 5.16 Å². The van der Waals surface area contributed by atoms with E-state index in [1.165, 1.54) is 6.01 Å². The molecule has 38 valence electrons. The van der Waals surface area contributed by atoms with E-state index in [0.29, 0.717) is 0 Å². The Balaban J connectivity index is 0. The Labute approximate surface area is 67.1 Å². The molecular weight excluding hydrogens is 123 g/mol. The summed E-state index contributed by atoms with van der Waals surface area (Å²) in [6.45, 7) is 0. The molecule has 0 aromatic carbocycles. The van der Waals surface area contributed by atoms with Gasteiger partial charge in [0.15, 0.2) is 0 Å². The number of carboxylic acid groups (broad SMARTS) is 1. The van der Waals surface area contributed by atoms with Crippen LogP contribution < -0.4 is 34.7 Å². The largest absolute Gasteiger partial charge is 1.00 e. The summed E-state index contributed by atoms with van der Waals surface area (Å²) >= 11 is 0. The average Bonchev–Trinajstić information content (AvgIpc) is 1.61. The molecule has 0 aromatic rings. The van der Waals surface area contributed by atoms with Crippen molar-refractivity contribution < 1.29 is 44.3 Å². The van der Waals surface area contributed by atoms with Gasteiger partial charge in [0.05, 0.1) is 0 Å². The van der Waals surface area contributed by atoms with Gasteiger partial charge in [0.1, 0.15) is 6.01 Å². The van der Waals surface area contributed by atoms with Crippen molar-refractivity contribution in [1.29, 1.82) is 5.41 Å². The number of nitrogens with one attached hydrogen (secondary N) is 1. The normalized spacial score (nSPS) is 5.50. The molecule has 1 N–H and O–H groups in total. The molecule has 0 heterocycles. The number of nitrogens with zero attached hydrogens (tertiary/aromatic N) is 1. The molecular formula is C2HN2NaO3. The summed E-state index contributed by atoms with van der Waals surface area (Å²) in [5.74, 6) is 0. The first kappa shape index (κ1) is 10.6. The maximum atomic E-state index is 9.21. The molecule has 0 aliphatic carbocycles. The van der Waals surface area contributed by atoms with Gasteiger partial charge in [-0.25, -0.2) is 5.41 Å². The fourth-order valence-electron chi connectivity index (χ4n) is 0.0601. The molecule has 5 nitrogen and oxygen atoms in total. The third-order valence-electron chi connectivity index (χ3n) is 0.166. The second-order valence-corrected chi connectivity index (χ2v) is 0.544. The van der Waals surface area contributed by atoms with Crippen LogP contribution in [0.4, 0.5) is 4.79 Å². The summed E-state index contributed by atoms with van der Waals surface area (Å²) < 4.78 is 0. The number of rotatable bonds is 1. The van der Waals surface area contributed by atoms with Crippen molar-refractivity contribution in [3.8, 4) is 0 Å². The summed E-state index contributed by atoms with van der Waals surface area (Å²) in [6, 6.07) is 1.33. The second kappa shape index (κ2) is 6.65. The van der Waals surface area contributed by atoms with Crippen LogP contribution in [0.2, 0.25) is 0 Å². The maximum absolute atomic E-state index is 9.21. The second-order valence-electron chi connectivity index (χ2n) is 0.544. The molecule has 0 saturated carbocycles. The molecule has 0 radical (unpaired) electrons. The van der Waals surface area contributed by atoms with E-state index in [1.807, 2.05) is 0 Å². The molecule has 0 rings (SSSR count). The van der Waals surface area contributed by atoms with Gasteiger partial charge < -0.3 is 14.7 Å². The zero-order chi connectivity index (χ0) is 5.70. The molecule has 0 aliphatic rings. The SMILES string of the molecule is N=C=NOC(=O)[O-].[Na+]. The quantitative estimate of drug-likeness (QED) is 0.167. The number of hydrogen-bond acceptors (Lipinski definition) is 5. The standard InChI is InChI=1S/C2H2N2O3.Na/c3-1-4-7-2(5)6;/h3H,(H,5,6);/q;+1/p-1. The Bertz CT molecular complexity index is 118. The number of carbonyl (C=O) groups is 1. The van der Waals surface area contributed by atoms with Crippen LogP contribution in [0.3, 0.4) is 0 Å². The maximum Gasteiger partial charge on any atom is 1.00 e. The van der Waals surface area contributed by atoms with E-state index in [2.05, 4.69) is 9.99 Å². The zero-order valence-corrected chi connectivity index (χ0v) is 6.17. The van der Waals surface area contributed by atoms with Crippen LogP contribution in [0, 0.1) is 5.41 Å². The van der Waals surface area contributed by atoms with E-state index >= 15 is 0 Å². The molecule has 6 heteroatoms. The monoisotopic (exact) mass is 124 g/mol. The van der Waals surface area contributed by atoms with Gasteiger partial charge in [-0.15, -0.1) is 0 Å². The van der Waals surface area contributed by atoms with E-state index in [4.69, 9.17) is 5.41 Å². The molecule has 0 spiro atoms. The zero-order valence-electron chi connectivity index (χ0n) is 4.17. The van der Waals surface area contributed by atoms with E-state index in [1.54, 1.807) is 0 Å². The smallest absolute Gasteiger partial charge is 0.424 e. The Morgan fingerprint density at radius 2 is 2.38 bits per heavy atom. The fraction of sp³-hybridized carbons (Fsp3) is 0. The Morgan fingerprint density at radius 1 is 1.88 bits per heavy atom. The molecule has 0 saturated heterocycles. The van der Waals surface area contributed by atoms with Gasteiger partial charge in [-0.2, -0.15) is 0 Å². The van der Waals surface area contributed by atoms with Crippen LogP contribution in [-0.2, 0) is 4.84 Å². The van der Waals surface area contributed by atoms with Crippen LogP contribution >= 0.6 is 0 Å². The van der Waals surface area contributed by atoms with Crippen molar-refractivity contribution in [1.82, 2.24) is 0 Å². The summed E-state index contributed by atoms with van der Waals surface area (Å²) in [5.41, 5.74) is 0. The van der Waals surface area contributed by atoms with Crippen LogP contribution in [0.1, 0.15) is 0 Å². The van der Waals surface area contributed by atoms with E-state index in [-0.39, 0.29) is 29.6 Å². The van der Waals surface area contributed by atoms with Gasteiger partial charge >= 0.3 is 29.6 Å². The van der Waals surface area contributed by atoms with Crippen LogP contribution in [-0.4, -0.2) is 12.2 Å². The molecule has 0 fully saturated rings. The first-order chi connectivity index (χ1) is 3.27. The van der Waals surface area contributed by atoms with E-state index in [0.717, 1.165) is 0 Å². The first-order valence-electron chi connectivity index (χ1n) is 1.27. The van der Waals surface area contributed by atoms with Crippen LogP contribution in [0.5, 0.6) is 0 Å². The number of hydrogen-bond donors (Lipinski definition) is 1. The molecule has 0 amide bonds. The Hall–Kier alpha value is -0.350. The van der Waals surface area contributed by atoms with E-state index in [9.17, 15) is 9.90 Å². The third kappa shape index (κ3) is 9.17. The van der Waals surface area contributed by atoms with Crippen molar-refractivity contribution in [2.24, 2.45) is 5.16 Å². The molecule has 0 bridgehead atoms. The molecule has 0 aromatic heterocycles. The van der Waals surface area contributed by atoms with Crippen molar-refractivity contribution in [3.63, 3.8) is 0 Å². The van der Waals surface area contributed by atoms with Gasteiger partial charge in [-0.05, 0) is 0 Å². The minimum absolute atomic E-state index is 0.